The van der Waals surface area contributed by atoms with E-state index in [2.05, 4.69) is 13.8 Å². The summed E-state index contributed by atoms with van der Waals surface area (Å²) in [6, 6.07) is 14.2. The van der Waals surface area contributed by atoms with Gasteiger partial charge < -0.3 is 4.74 Å². The molecule has 0 unspecified atom stereocenters. The van der Waals surface area contributed by atoms with Crippen LogP contribution >= 0.6 is 0 Å². The quantitative estimate of drug-likeness (QED) is 0.446. The van der Waals surface area contributed by atoms with E-state index in [0.717, 1.165) is 49.7 Å². The molecule has 0 aliphatic carbocycles. The first kappa shape index (κ1) is 27.3. The molecule has 0 N–H and O–H groups in total. The van der Waals surface area contributed by atoms with Crippen molar-refractivity contribution in [3.8, 4) is 0 Å². The predicted octanol–water partition coefficient (Wildman–Crippen LogP) is 4.57. The van der Waals surface area contributed by atoms with Crippen molar-refractivity contribution in [3.63, 3.8) is 0 Å². The van der Waals surface area contributed by atoms with Crippen LogP contribution in [0.2, 0.25) is 0 Å². The third kappa shape index (κ3) is 5.55. The molecular weight excluding hydrogens is 496 g/mol. The Hall–Kier alpha value is -1.78. The van der Waals surface area contributed by atoms with E-state index < -0.39 is 25.8 Å². The van der Waals surface area contributed by atoms with Crippen molar-refractivity contribution in [3.05, 3.63) is 59.7 Å². The van der Waals surface area contributed by atoms with Gasteiger partial charge in [-0.3, -0.25) is 0 Å². The highest BCUT2D eigenvalue weighted by atomic mass is 32.2. The van der Waals surface area contributed by atoms with Crippen molar-refractivity contribution in [2.24, 2.45) is 0 Å². The van der Waals surface area contributed by atoms with Crippen LogP contribution in [-0.4, -0.2) is 57.4 Å². The average Bonchev–Trinajstić information content (AvgIpc) is 3.30. The smallest absolute Gasteiger partial charge is 0.245 e. The van der Waals surface area contributed by atoms with Crippen molar-refractivity contribution in [1.82, 2.24) is 8.61 Å². The summed E-state index contributed by atoms with van der Waals surface area (Å²) < 4.78 is 62.6. The number of hydrogen-bond acceptors (Lipinski definition) is 5. The van der Waals surface area contributed by atoms with E-state index in [9.17, 15) is 16.8 Å². The van der Waals surface area contributed by atoms with E-state index in [4.69, 9.17) is 4.74 Å². The first-order valence-electron chi connectivity index (χ1n) is 13.1. The zero-order chi connectivity index (χ0) is 25.8. The van der Waals surface area contributed by atoms with E-state index in [1.54, 1.807) is 24.3 Å². The standard InChI is InChI=1S/C27H38N2O5S2/c1-3-5-7-23-9-13-25(14-10-23)35(30,31)28-19-17-27(18-20-28)29(21-22-34-27)36(32,33)26-15-11-24(12-16-26)8-6-4-2/h9-16H,3-8,17-22H2,1-2H3. The minimum absolute atomic E-state index is 0.210. The summed E-state index contributed by atoms with van der Waals surface area (Å²) in [5.74, 6) is 0. The lowest BCUT2D eigenvalue weighted by Crippen LogP contribution is -2.55. The number of unbranched alkanes of at least 4 members (excludes halogenated alkanes) is 2. The second-order valence-electron chi connectivity index (χ2n) is 9.77. The van der Waals surface area contributed by atoms with Crippen molar-refractivity contribution in [2.75, 3.05) is 26.2 Å². The summed E-state index contributed by atoms with van der Waals surface area (Å²) in [4.78, 5) is 0.532. The van der Waals surface area contributed by atoms with E-state index in [1.165, 1.54) is 8.61 Å². The Kier molecular flexibility index (Phi) is 8.56. The van der Waals surface area contributed by atoms with Crippen molar-refractivity contribution in [1.29, 1.82) is 0 Å². The van der Waals surface area contributed by atoms with Crippen molar-refractivity contribution < 1.29 is 21.6 Å². The minimum atomic E-state index is -3.76. The summed E-state index contributed by atoms with van der Waals surface area (Å²) in [7, 11) is -7.41. The second kappa shape index (κ2) is 11.3. The number of sulfonamides is 2. The zero-order valence-corrected chi connectivity index (χ0v) is 23.0. The average molecular weight is 535 g/mol. The molecule has 2 aromatic rings. The first-order chi connectivity index (χ1) is 17.2. The van der Waals surface area contributed by atoms with Gasteiger partial charge in [0.05, 0.1) is 16.4 Å². The van der Waals surface area contributed by atoms with Crippen LogP contribution in [0.3, 0.4) is 0 Å². The van der Waals surface area contributed by atoms with Gasteiger partial charge in [-0.15, -0.1) is 0 Å². The molecule has 0 radical (unpaired) electrons. The molecule has 2 aromatic carbocycles. The molecule has 2 aliphatic rings. The van der Waals surface area contributed by atoms with Crippen LogP contribution in [0.5, 0.6) is 0 Å². The molecule has 198 valence electrons. The van der Waals surface area contributed by atoms with Crippen molar-refractivity contribution in [2.45, 2.75) is 80.7 Å². The predicted molar refractivity (Wildman–Crippen MR) is 141 cm³/mol. The van der Waals surface area contributed by atoms with E-state index in [-0.39, 0.29) is 29.4 Å². The van der Waals surface area contributed by atoms with Gasteiger partial charge in [-0.1, -0.05) is 51.0 Å². The Labute approximate surface area is 216 Å². The number of aryl methyl sites for hydroxylation is 2. The van der Waals surface area contributed by atoms with Gasteiger partial charge >= 0.3 is 0 Å². The largest absolute Gasteiger partial charge is 0.358 e. The van der Waals surface area contributed by atoms with Gasteiger partial charge in [0.2, 0.25) is 20.0 Å². The Morgan fingerprint density at radius 2 is 1.19 bits per heavy atom. The lowest BCUT2D eigenvalue weighted by molar-refractivity contribution is -0.0806. The molecule has 7 nitrogen and oxygen atoms in total. The number of ether oxygens (including phenoxy) is 1. The van der Waals surface area contributed by atoms with E-state index in [0.29, 0.717) is 19.4 Å². The fraction of sp³-hybridized carbons (Fsp3) is 0.556. The minimum Gasteiger partial charge on any atom is -0.358 e. The summed E-state index contributed by atoms with van der Waals surface area (Å²) in [6.07, 6.45) is 6.79. The molecule has 0 bridgehead atoms. The topological polar surface area (TPSA) is 84.0 Å². The van der Waals surface area contributed by atoms with Crippen LogP contribution in [0.1, 0.15) is 63.5 Å². The highest BCUT2D eigenvalue weighted by molar-refractivity contribution is 7.89. The van der Waals surface area contributed by atoms with Crippen LogP contribution < -0.4 is 0 Å². The van der Waals surface area contributed by atoms with Gasteiger partial charge in [0.25, 0.3) is 0 Å². The number of benzene rings is 2. The highest BCUT2D eigenvalue weighted by Crippen LogP contribution is 2.39. The normalized spacial score (nSPS) is 19.2. The van der Waals surface area contributed by atoms with E-state index >= 15 is 0 Å². The Bertz CT molecular complexity index is 1220. The van der Waals surface area contributed by atoms with Crippen LogP contribution in [-0.2, 0) is 37.6 Å². The maximum absolute atomic E-state index is 13.6. The highest BCUT2D eigenvalue weighted by Gasteiger charge is 2.51. The Balaban J connectivity index is 1.46. The molecule has 4 rings (SSSR count). The lowest BCUT2D eigenvalue weighted by Gasteiger charge is -2.42. The summed E-state index contributed by atoms with van der Waals surface area (Å²) >= 11 is 0. The number of piperidine rings is 1. The molecule has 1 spiro atoms. The molecule has 0 amide bonds. The van der Waals surface area contributed by atoms with Gasteiger partial charge in [-0.25, -0.2) is 16.8 Å². The molecule has 0 atom stereocenters. The van der Waals surface area contributed by atoms with Crippen LogP contribution in [0.25, 0.3) is 0 Å². The van der Waals surface area contributed by atoms with Gasteiger partial charge in [0.1, 0.15) is 5.72 Å². The molecule has 36 heavy (non-hydrogen) atoms. The van der Waals surface area contributed by atoms with Crippen LogP contribution in [0, 0.1) is 0 Å². The van der Waals surface area contributed by atoms with Gasteiger partial charge in [-0.2, -0.15) is 8.61 Å². The zero-order valence-electron chi connectivity index (χ0n) is 21.4. The molecule has 2 heterocycles. The molecular formula is C27H38N2O5S2. The summed E-state index contributed by atoms with van der Waals surface area (Å²) in [6.45, 7) is 5.26. The second-order valence-corrected chi connectivity index (χ2v) is 13.6. The van der Waals surface area contributed by atoms with Gasteiger partial charge in [-0.05, 0) is 61.1 Å². The maximum Gasteiger partial charge on any atom is 0.245 e. The van der Waals surface area contributed by atoms with Gasteiger partial charge in [0.15, 0.2) is 0 Å². The van der Waals surface area contributed by atoms with Crippen LogP contribution in [0.15, 0.2) is 58.3 Å². The molecule has 2 saturated heterocycles. The first-order valence-corrected chi connectivity index (χ1v) is 16.0. The van der Waals surface area contributed by atoms with Gasteiger partial charge in [0, 0.05) is 32.5 Å². The molecule has 2 aliphatic heterocycles. The summed E-state index contributed by atoms with van der Waals surface area (Å²) in [5.41, 5.74) is 1.25. The fourth-order valence-electron chi connectivity index (χ4n) is 5.10. The lowest BCUT2D eigenvalue weighted by atomic mass is 10.0. The van der Waals surface area contributed by atoms with Crippen molar-refractivity contribution >= 4 is 20.0 Å². The SMILES string of the molecule is CCCCc1ccc(S(=O)(=O)N2CCC3(CC2)OCCN3S(=O)(=O)c2ccc(CCCC)cc2)cc1. The summed E-state index contributed by atoms with van der Waals surface area (Å²) in [5, 5.41) is 0. The number of hydrogen-bond donors (Lipinski definition) is 0. The number of rotatable bonds is 10. The molecule has 2 fully saturated rings. The van der Waals surface area contributed by atoms with Crippen LogP contribution in [0.4, 0.5) is 0 Å². The molecule has 9 heteroatoms. The number of nitrogens with zero attached hydrogens (tertiary/aromatic N) is 2. The third-order valence-corrected chi connectivity index (χ3v) is 11.2. The van der Waals surface area contributed by atoms with E-state index in [1.807, 2.05) is 24.3 Å². The third-order valence-electron chi connectivity index (χ3n) is 7.33. The fourth-order valence-corrected chi connectivity index (χ4v) is 8.26. The molecule has 0 saturated carbocycles. The maximum atomic E-state index is 13.6. The Morgan fingerprint density at radius 3 is 1.67 bits per heavy atom. The molecule has 0 aromatic heterocycles. The monoisotopic (exact) mass is 534 g/mol. The Morgan fingerprint density at radius 1 is 0.722 bits per heavy atom.